The molecule has 0 fully saturated rings. The normalized spacial score (nSPS) is 12.2. The van der Waals surface area contributed by atoms with Crippen LogP contribution in [-0.4, -0.2) is 16.9 Å². The van der Waals surface area contributed by atoms with E-state index in [1.165, 1.54) is 5.56 Å². The van der Waals surface area contributed by atoms with Gasteiger partial charge in [-0.05, 0) is 35.6 Å². The van der Waals surface area contributed by atoms with Crippen molar-refractivity contribution in [1.29, 1.82) is 0 Å². The highest BCUT2D eigenvalue weighted by atomic mass is 16.2. The van der Waals surface area contributed by atoms with Gasteiger partial charge in [0.2, 0.25) is 5.91 Å². The highest BCUT2D eigenvalue weighted by Crippen LogP contribution is 2.18. The SMILES string of the molecule is CCc1ccccc1CNC(=O)[C@@H](N)Cc1c[nH]c2ccccc12. The van der Waals surface area contributed by atoms with Crippen molar-refractivity contribution >= 4 is 16.8 Å². The number of benzene rings is 2. The van der Waals surface area contributed by atoms with Crippen LogP contribution in [0.25, 0.3) is 10.9 Å². The van der Waals surface area contributed by atoms with Gasteiger partial charge in [-0.1, -0.05) is 49.4 Å². The number of aromatic amines is 1. The van der Waals surface area contributed by atoms with Gasteiger partial charge in [0.25, 0.3) is 0 Å². The van der Waals surface area contributed by atoms with Crippen LogP contribution in [-0.2, 0) is 24.2 Å². The van der Waals surface area contributed by atoms with E-state index in [2.05, 4.69) is 23.3 Å². The molecule has 0 radical (unpaired) electrons. The molecule has 0 saturated carbocycles. The summed E-state index contributed by atoms with van der Waals surface area (Å²) >= 11 is 0. The number of rotatable bonds is 6. The van der Waals surface area contributed by atoms with Gasteiger partial charge < -0.3 is 16.0 Å². The fourth-order valence-electron chi connectivity index (χ4n) is 3.02. The minimum Gasteiger partial charge on any atom is -0.361 e. The van der Waals surface area contributed by atoms with Crippen LogP contribution in [0.4, 0.5) is 0 Å². The first-order valence-corrected chi connectivity index (χ1v) is 8.34. The van der Waals surface area contributed by atoms with Crippen molar-refractivity contribution in [3.05, 3.63) is 71.4 Å². The lowest BCUT2D eigenvalue weighted by Gasteiger charge is -2.13. The Hall–Kier alpha value is -2.59. The van der Waals surface area contributed by atoms with E-state index in [1.54, 1.807) is 0 Å². The Balaban J connectivity index is 1.63. The number of fused-ring (bicyclic) bond motifs is 1. The van der Waals surface area contributed by atoms with Gasteiger partial charge in [-0.15, -0.1) is 0 Å². The number of carbonyl (C=O) groups is 1. The first-order chi connectivity index (χ1) is 11.7. The van der Waals surface area contributed by atoms with Crippen LogP contribution in [0.5, 0.6) is 0 Å². The predicted octanol–water partition coefficient (Wildman–Crippen LogP) is 2.92. The molecule has 4 N–H and O–H groups in total. The van der Waals surface area contributed by atoms with Gasteiger partial charge in [0, 0.05) is 23.6 Å². The van der Waals surface area contributed by atoms with Gasteiger partial charge in [-0.3, -0.25) is 4.79 Å². The van der Waals surface area contributed by atoms with Crippen molar-refractivity contribution in [2.75, 3.05) is 0 Å². The molecule has 1 heterocycles. The van der Waals surface area contributed by atoms with Gasteiger partial charge in [0.15, 0.2) is 0 Å². The fourth-order valence-corrected chi connectivity index (χ4v) is 3.02. The second kappa shape index (κ2) is 7.32. The second-order valence-corrected chi connectivity index (χ2v) is 6.01. The zero-order valence-electron chi connectivity index (χ0n) is 13.9. The van der Waals surface area contributed by atoms with Crippen molar-refractivity contribution in [1.82, 2.24) is 10.3 Å². The highest BCUT2D eigenvalue weighted by Gasteiger charge is 2.16. The lowest BCUT2D eigenvalue weighted by Crippen LogP contribution is -2.41. The third kappa shape index (κ3) is 3.49. The Bertz CT molecular complexity index is 838. The van der Waals surface area contributed by atoms with E-state index in [0.717, 1.165) is 28.5 Å². The lowest BCUT2D eigenvalue weighted by atomic mass is 10.0. The third-order valence-corrected chi connectivity index (χ3v) is 4.40. The van der Waals surface area contributed by atoms with Crippen LogP contribution >= 0.6 is 0 Å². The van der Waals surface area contributed by atoms with Crippen LogP contribution in [0.15, 0.2) is 54.7 Å². The van der Waals surface area contributed by atoms with E-state index >= 15 is 0 Å². The zero-order valence-corrected chi connectivity index (χ0v) is 13.9. The molecule has 24 heavy (non-hydrogen) atoms. The summed E-state index contributed by atoms with van der Waals surface area (Å²) in [5, 5.41) is 4.08. The summed E-state index contributed by atoms with van der Waals surface area (Å²) in [6.07, 6.45) is 3.41. The largest absolute Gasteiger partial charge is 0.361 e. The van der Waals surface area contributed by atoms with Crippen molar-refractivity contribution in [3.8, 4) is 0 Å². The average Bonchev–Trinajstić information content (AvgIpc) is 3.03. The van der Waals surface area contributed by atoms with Crippen LogP contribution in [0.2, 0.25) is 0 Å². The molecule has 2 aromatic carbocycles. The number of H-pyrrole nitrogens is 1. The van der Waals surface area contributed by atoms with E-state index in [4.69, 9.17) is 5.73 Å². The minimum absolute atomic E-state index is 0.119. The van der Waals surface area contributed by atoms with E-state index in [-0.39, 0.29) is 5.91 Å². The summed E-state index contributed by atoms with van der Waals surface area (Å²) < 4.78 is 0. The number of nitrogens with one attached hydrogen (secondary N) is 2. The molecule has 3 rings (SSSR count). The molecule has 0 spiro atoms. The third-order valence-electron chi connectivity index (χ3n) is 4.40. The summed E-state index contributed by atoms with van der Waals surface area (Å²) in [6.45, 7) is 2.63. The van der Waals surface area contributed by atoms with E-state index in [1.807, 2.05) is 48.7 Å². The maximum atomic E-state index is 12.3. The first kappa shape index (κ1) is 16.3. The van der Waals surface area contributed by atoms with Crippen molar-refractivity contribution in [2.24, 2.45) is 5.73 Å². The lowest BCUT2D eigenvalue weighted by molar-refractivity contribution is -0.122. The standard InChI is InChI=1S/C20H23N3O/c1-2-14-7-3-4-8-15(14)12-23-20(24)18(21)11-16-13-22-19-10-6-5-9-17(16)19/h3-10,13,18,22H,2,11-12,21H2,1H3,(H,23,24)/t18-/m0/s1. The molecular weight excluding hydrogens is 298 g/mol. The Morgan fingerprint density at radius 2 is 1.79 bits per heavy atom. The molecule has 1 amide bonds. The predicted molar refractivity (Wildman–Crippen MR) is 97.6 cm³/mol. The fraction of sp³-hybridized carbons (Fsp3) is 0.250. The Kier molecular flexibility index (Phi) is 4.96. The maximum Gasteiger partial charge on any atom is 0.237 e. The maximum absolute atomic E-state index is 12.3. The van der Waals surface area contributed by atoms with Crippen molar-refractivity contribution < 1.29 is 4.79 Å². The van der Waals surface area contributed by atoms with Crippen LogP contribution in [0.3, 0.4) is 0 Å². The molecular formula is C20H23N3O. The van der Waals surface area contributed by atoms with Gasteiger partial charge >= 0.3 is 0 Å². The number of amides is 1. The number of para-hydroxylation sites is 1. The quantitative estimate of drug-likeness (QED) is 0.653. The molecule has 1 atom stereocenters. The topological polar surface area (TPSA) is 70.9 Å². The Morgan fingerprint density at radius 1 is 1.08 bits per heavy atom. The molecule has 0 saturated heterocycles. The number of hydrogen-bond acceptors (Lipinski definition) is 2. The molecule has 0 aliphatic carbocycles. The molecule has 1 aromatic heterocycles. The molecule has 0 bridgehead atoms. The molecule has 0 aliphatic heterocycles. The monoisotopic (exact) mass is 321 g/mol. The van der Waals surface area contributed by atoms with Crippen LogP contribution < -0.4 is 11.1 Å². The summed E-state index contributed by atoms with van der Waals surface area (Å²) in [5.41, 5.74) is 10.6. The number of aromatic nitrogens is 1. The smallest absolute Gasteiger partial charge is 0.237 e. The number of aryl methyl sites for hydroxylation is 1. The number of nitrogens with two attached hydrogens (primary N) is 1. The summed E-state index contributed by atoms with van der Waals surface area (Å²) in [7, 11) is 0. The van der Waals surface area contributed by atoms with E-state index in [0.29, 0.717) is 13.0 Å². The van der Waals surface area contributed by atoms with E-state index < -0.39 is 6.04 Å². The van der Waals surface area contributed by atoms with E-state index in [9.17, 15) is 4.79 Å². The summed E-state index contributed by atoms with van der Waals surface area (Å²) in [4.78, 5) is 15.6. The average molecular weight is 321 g/mol. The highest BCUT2D eigenvalue weighted by molar-refractivity contribution is 5.86. The van der Waals surface area contributed by atoms with Crippen molar-refractivity contribution in [3.63, 3.8) is 0 Å². The molecule has 3 aromatic rings. The van der Waals surface area contributed by atoms with Gasteiger partial charge in [-0.2, -0.15) is 0 Å². The molecule has 124 valence electrons. The summed E-state index contributed by atoms with van der Waals surface area (Å²) in [6, 6.07) is 15.6. The molecule has 4 heteroatoms. The first-order valence-electron chi connectivity index (χ1n) is 8.34. The Morgan fingerprint density at radius 3 is 2.58 bits per heavy atom. The number of carbonyl (C=O) groups excluding carboxylic acids is 1. The molecule has 0 unspecified atom stereocenters. The van der Waals surface area contributed by atoms with Crippen LogP contribution in [0.1, 0.15) is 23.6 Å². The van der Waals surface area contributed by atoms with Crippen molar-refractivity contribution in [2.45, 2.75) is 32.4 Å². The number of hydrogen-bond donors (Lipinski definition) is 3. The van der Waals surface area contributed by atoms with Gasteiger partial charge in [0.05, 0.1) is 6.04 Å². The van der Waals surface area contributed by atoms with Gasteiger partial charge in [-0.25, -0.2) is 0 Å². The Labute approximate surface area is 142 Å². The summed E-state index contributed by atoms with van der Waals surface area (Å²) in [5.74, 6) is -0.119. The molecule has 4 nitrogen and oxygen atoms in total. The zero-order chi connectivity index (χ0) is 16.9. The second-order valence-electron chi connectivity index (χ2n) is 6.01. The van der Waals surface area contributed by atoms with Crippen LogP contribution in [0, 0.1) is 0 Å². The minimum atomic E-state index is -0.557. The van der Waals surface area contributed by atoms with Gasteiger partial charge in [0.1, 0.15) is 0 Å². The molecule has 0 aliphatic rings.